The molecule has 4 nitrogen and oxygen atoms in total. The molecular formula is C11H13ClN4. The molecule has 0 aliphatic rings. The fourth-order valence-electron chi connectivity index (χ4n) is 1.38. The van der Waals surface area contributed by atoms with Crippen molar-refractivity contribution in [3.63, 3.8) is 0 Å². The molecule has 5 heteroatoms. The summed E-state index contributed by atoms with van der Waals surface area (Å²) in [5.41, 5.74) is 7.14. The average molecular weight is 237 g/mol. The van der Waals surface area contributed by atoms with E-state index < -0.39 is 0 Å². The van der Waals surface area contributed by atoms with E-state index in [2.05, 4.69) is 23.9 Å². The van der Waals surface area contributed by atoms with Crippen LogP contribution in [-0.2, 0) is 0 Å². The molecule has 2 heterocycles. The molecule has 0 spiro atoms. The van der Waals surface area contributed by atoms with Gasteiger partial charge >= 0.3 is 0 Å². The lowest BCUT2D eigenvalue weighted by Crippen LogP contribution is -2.01. The molecular weight excluding hydrogens is 224 g/mol. The molecule has 0 aliphatic heterocycles. The number of pyridine rings is 1. The van der Waals surface area contributed by atoms with E-state index in [-0.39, 0.29) is 0 Å². The summed E-state index contributed by atoms with van der Waals surface area (Å²) in [7, 11) is 0. The van der Waals surface area contributed by atoms with Gasteiger partial charge in [0, 0.05) is 6.20 Å². The maximum Gasteiger partial charge on any atom is 0.172 e. The number of nitrogen functional groups attached to an aromatic ring is 1. The van der Waals surface area contributed by atoms with E-state index in [1.807, 2.05) is 12.3 Å². The minimum absolute atomic E-state index is 0.383. The number of hydrogen-bond acceptors (Lipinski definition) is 3. The lowest BCUT2D eigenvalue weighted by Gasteiger charge is -2.04. The van der Waals surface area contributed by atoms with E-state index in [0.717, 1.165) is 5.69 Å². The van der Waals surface area contributed by atoms with Crippen LogP contribution < -0.4 is 5.73 Å². The minimum atomic E-state index is 0.383. The van der Waals surface area contributed by atoms with Crippen molar-refractivity contribution in [3.05, 3.63) is 35.2 Å². The minimum Gasteiger partial charge on any atom is -0.397 e. The van der Waals surface area contributed by atoms with Gasteiger partial charge in [0.05, 0.1) is 22.6 Å². The van der Waals surface area contributed by atoms with Crippen molar-refractivity contribution in [2.75, 3.05) is 5.73 Å². The van der Waals surface area contributed by atoms with Gasteiger partial charge in [-0.05, 0) is 18.1 Å². The number of nitrogens with zero attached hydrogens (tertiary/aromatic N) is 3. The lowest BCUT2D eigenvalue weighted by atomic mass is 10.1. The van der Waals surface area contributed by atoms with Gasteiger partial charge in [-0.3, -0.25) is 0 Å². The van der Waals surface area contributed by atoms with Crippen LogP contribution in [0.1, 0.15) is 25.5 Å². The number of aromatic nitrogens is 3. The third-order valence-electron chi connectivity index (χ3n) is 2.26. The Morgan fingerprint density at radius 1 is 1.44 bits per heavy atom. The first-order valence-corrected chi connectivity index (χ1v) is 5.42. The number of anilines is 1. The second-order valence-electron chi connectivity index (χ2n) is 3.91. The Bertz CT molecular complexity index is 504. The third kappa shape index (κ3) is 2.02. The summed E-state index contributed by atoms with van der Waals surface area (Å²) >= 11 is 6.05. The first-order valence-electron chi connectivity index (χ1n) is 5.05. The van der Waals surface area contributed by atoms with Crippen molar-refractivity contribution in [2.45, 2.75) is 19.8 Å². The molecule has 0 aliphatic carbocycles. The molecule has 2 aromatic heterocycles. The SMILES string of the molecule is CC(C)c1ccn(-c2ncc(N)cc2Cl)n1. The summed E-state index contributed by atoms with van der Waals surface area (Å²) in [6.45, 7) is 4.18. The van der Waals surface area contributed by atoms with E-state index in [9.17, 15) is 0 Å². The Balaban J connectivity index is 2.42. The van der Waals surface area contributed by atoms with Crippen molar-refractivity contribution in [1.82, 2.24) is 14.8 Å². The number of halogens is 1. The van der Waals surface area contributed by atoms with E-state index in [1.54, 1.807) is 16.9 Å². The monoisotopic (exact) mass is 236 g/mol. The second kappa shape index (κ2) is 4.14. The van der Waals surface area contributed by atoms with Gasteiger partial charge in [0.2, 0.25) is 0 Å². The maximum absolute atomic E-state index is 6.05. The van der Waals surface area contributed by atoms with Gasteiger partial charge in [0.15, 0.2) is 5.82 Å². The molecule has 0 aromatic carbocycles. The van der Waals surface area contributed by atoms with Crippen LogP contribution in [0.15, 0.2) is 24.5 Å². The van der Waals surface area contributed by atoms with Gasteiger partial charge in [0.1, 0.15) is 0 Å². The molecule has 84 valence electrons. The highest BCUT2D eigenvalue weighted by molar-refractivity contribution is 6.32. The zero-order valence-electron chi connectivity index (χ0n) is 9.18. The smallest absolute Gasteiger partial charge is 0.172 e. The molecule has 2 N–H and O–H groups in total. The third-order valence-corrected chi connectivity index (χ3v) is 2.54. The Morgan fingerprint density at radius 2 is 2.19 bits per heavy atom. The fraction of sp³-hybridized carbons (Fsp3) is 0.273. The summed E-state index contributed by atoms with van der Waals surface area (Å²) in [6.07, 6.45) is 3.41. The molecule has 0 bridgehead atoms. The van der Waals surface area contributed by atoms with E-state index >= 15 is 0 Å². The van der Waals surface area contributed by atoms with E-state index in [0.29, 0.717) is 22.4 Å². The highest BCUT2D eigenvalue weighted by Crippen LogP contribution is 2.21. The molecule has 0 amide bonds. The van der Waals surface area contributed by atoms with Crippen molar-refractivity contribution in [3.8, 4) is 5.82 Å². The molecule has 2 aromatic rings. The van der Waals surface area contributed by atoms with Crippen molar-refractivity contribution in [2.24, 2.45) is 0 Å². The van der Waals surface area contributed by atoms with Gasteiger partial charge in [-0.2, -0.15) is 5.10 Å². The van der Waals surface area contributed by atoms with Crippen LogP contribution in [-0.4, -0.2) is 14.8 Å². The fourth-order valence-corrected chi connectivity index (χ4v) is 1.64. The van der Waals surface area contributed by atoms with Crippen LogP contribution in [0.4, 0.5) is 5.69 Å². The van der Waals surface area contributed by atoms with Crippen LogP contribution >= 0.6 is 11.6 Å². The topological polar surface area (TPSA) is 56.7 Å². The highest BCUT2D eigenvalue weighted by atomic mass is 35.5. The Hall–Kier alpha value is -1.55. The van der Waals surface area contributed by atoms with Crippen LogP contribution in [0, 0.1) is 0 Å². The zero-order chi connectivity index (χ0) is 11.7. The van der Waals surface area contributed by atoms with Crippen LogP contribution in [0.25, 0.3) is 5.82 Å². The lowest BCUT2D eigenvalue weighted by molar-refractivity contribution is 0.758. The van der Waals surface area contributed by atoms with Crippen molar-refractivity contribution in [1.29, 1.82) is 0 Å². The van der Waals surface area contributed by atoms with Crippen LogP contribution in [0.2, 0.25) is 5.02 Å². The summed E-state index contributed by atoms with van der Waals surface area (Å²) in [5.74, 6) is 0.983. The molecule has 0 fully saturated rings. The number of nitrogens with two attached hydrogens (primary N) is 1. The first-order chi connectivity index (χ1) is 7.58. The normalized spacial score (nSPS) is 11.0. The summed E-state index contributed by atoms with van der Waals surface area (Å²) in [6, 6.07) is 3.62. The molecule has 0 saturated heterocycles. The molecule has 16 heavy (non-hydrogen) atoms. The molecule has 0 radical (unpaired) electrons. The molecule has 2 rings (SSSR count). The Labute approximate surface area is 99.1 Å². The van der Waals surface area contributed by atoms with Crippen LogP contribution in [0.5, 0.6) is 0 Å². The van der Waals surface area contributed by atoms with Crippen molar-refractivity contribution < 1.29 is 0 Å². The average Bonchev–Trinajstić information content (AvgIpc) is 2.66. The quantitative estimate of drug-likeness (QED) is 0.872. The first kappa shape index (κ1) is 11.0. The van der Waals surface area contributed by atoms with E-state index in [1.165, 1.54) is 0 Å². The predicted molar refractivity (Wildman–Crippen MR) is 64.9 cm³/mol. The summed E-state index contributed by atoms with van der Waals surface area (Å²) in [4.78, 5) is 4.16. The summed E-state index contributed by atoms with van der Waals surface area (Å²) < 4.78 is 1.66. The number of rotatable bonds is 2. The Kier molecular flexibility index (Phi) is 2.83. The van der Waals surface area contributed by atoms with Gasteiger partial charge in [0.25, 0.3) is 0 Å². The maximum atomic E-state index is 6.05. The van der Waals surface area contributed by atoms with Gasteiger partial charge < -0.3 is 5.73 Å². The van der Waals surface area contributed by atoms with Crippen molar-refractivity contribution >= 4 is 17.3 Å². The molecule has 0 unspecified atom stereocenters. The largest absolute Gasteiger partial charge is 0.397 e. The van der Waals surface area contributed by atoms with Crippen LogP contribution in [0.3, 0.4) is 0 Å². The van der Waals surface area contributed by atoms with Gasteiger partial charge in [-0.15, -0.1) is 0 Å². The standard InChI is InChI=1S/C11H13ClN4/c1-7(2)10-3-4-16(15-10)11-9(12)5-8(13)6-14-11/h3-7H,13H2,1-2H3. The molecule has 0 atom stereocenters. The zero-order valence-corrected chi connectivity index (χ0v) is 9.94. The van der Waals surface area contributed by atoms with E-state index in [4.69, 9.17) is 17.3 Å². The number of hydrogen-bond donors (Lipinski definition) is 1. The Morgan fingerprint density at radius 3 is 2.75 bits per heavy atom. The predicted octanol–water partition coefficient (Wildman–Crippen LogP) is 2.63. The highest BCUT2D eigenvalue weighted by Gasteiger charge is 2.08. The molecule has 0 saturated carbocycles. The second-order valence-corrected chi connectivity index (χ2v) is 4.32. The van der Waals surface area contributed by atoms with Gasteiger partial charge in [-0.1, -0.05) is 25.4 Å². The summed E-state index contributed by atoms with van der Waals surface area (Å²) in [5, 5.41) is 4.90. The van der Waals surface area contributed by atoms with Gasteiger partial charge in [-0.25, -0.2) is 9.67 Å².